The van der Waals surface area contributed by atoms with Crippen LogP contribution in [0.2, 0.25) is 5.02 Å². The Morgan fingerprint density at radius 2 is 1.83 bits per heavy atom. The van der Waals surface area contributed by atoms with Crippen LogP contribution in [0.1, 0.15) is 12.5 Å². The van der Waals surface area contributed by atoms with Gasteiger partial charge in [-0.2, -0.15) is 0 Å². The number of phenols is 1. The molecule has 0 fully saturated rings. The molecule has 1 atom stereocenters. The van der Waals surface area contributed by atoms with Gasteiger partial charge in [-0.1, -0.05) is 17.7 Å². The number of phenolic OH excluding ortho intramolecular Hbond substituents is 1. The van der Waals surface area contributed by atoms with Crippen molar-refractivity contribution in [1.82, 2.24) is 10.3 Å². The van der Waals surface area contributed by atoms with Gasteiger partial charge in [-0.25, -0.2) is 4.98 Å². The lowest BCUT2D eigenvalue weighted by Crippen LogP contribution is -2.32. The second-order valence-corrected chi connectivity index (χ2v) is 7.31. The summed E-state index contributed by atoms with van der Waals surface area (Å²) >= 11 is 5.96. The molecule has 1 heterocycles. The van der Waals surface area contributed by atoms with Crippen LogP contribution in [0.15, 0.2) is 54.6 Å². The van der Waals surface area contributed by atoms with Crippen molar-refractivity contribution < 1.29 is 15.0 Å². The SMILES string of the molecule is C[C@@H](O)C(=O)NCc1ccc(-c2cc(N(C)c3ccc(Cl)cc3)ccc2O)nc1N. The summed E-state index contributed by atoms with van der Waals surface area (Å²) in [4.78, 5) is 17.9. The molecule has 8 heteroatoms. The summed E-state index contributed by atoms with van der Waals surface area (Å²) in [6.45, 7) is 1.53. The summed E-state index contributed by atoms with van der Waals surface area (Å²) in [7, 11) is 1.91. The highest BCUT2D eigenvalue weighted by molar-refractivity contribution is 6.30. The first-order valence-corrected chi connectivity index (χ1v) is 9.68. The number of carbonyl (C=O) groups excluding carboxylic acids is 1. The first-order valence-electron chi connectivity index (χ1n) is 9.30. The number of hydrogen-bond acceptors (Lipinski definition) is 6. The van der Waals surface area contributed by atoms with Crippen LogP contribution >= 0.6 is 11.6 Å². The van der Waals surface area contributed by atoms with Crippen molar-refractivity contribution in [3.63, 3.8) is 0 Å². The smallest absolute Gasteiger partial charge is 0.248 e. The lowest BCUT2D eigenvalue weighted by atomic mass is 10.1. The standard InChI is InChI=1S/C22H23ClN4O3/c1-13(28)22(30)25-12-14-3-9-19(26-21(14)24)18-11-17(8-10-20(18)29)27(2)16-6-4-15(23)5-7-16/h3-11,13,28-29H,12H2,1-2H3,(H2,24,26)(H,25,30)/t13-/m1/s1. The number of hydrogen-bond donors (Lipinski definition) is 4. The van der Waals surface area contributed by atoms with Crippen LogP contribution in [0, 0.1) is 0 Å². The van der Waals surface area contributed by atoms with Crippen molar-refractivity contribution in [2.75, 3.05) is 17.7 Å². The number of benzene rings is 2. The van der Waals surface area contributed by atoms with Gasteiger partial charge in [0.1, 0.15) is 17.7 Å². The summed E-state index contributed by atoms with van der Waals surface area (Å²) in [6, 6.07) is 16.1. The molecule has 0 unspecified atom stereocenters. The second-order valence-electron chi connectivity index (χ2n) is 6.87. The van der Waals surface area contributed by atoms with Crippen LogP contribution in [0.3, 0.4) is 0 Å². The number of aliphatic hydroxyl groups is 1. The Kier molecular flexibility index (Phi) is 6.44. The minimum atomic E-state index is -1.10. The third-order valence-electron chi connectivity index (χ3n) is 4.70. The number of pyridine rings is 1. The zero-order valence-electron chi connectivity index (χ0n) is 16.6. The van der Waals surface area contributed by atoms with E-state index in [1.54, 1.807) is 24.3 Å². The van der Waals surface area contributed by atoms with E-state index in [9.17, 15) is 15.0 Å². The summed E-state index contributed by atoms with van der Waals surface area (Å²) in [5, 5.41) is 22.9. The molecule has 0 saturated heterocycles. The van der Waals surface area contributed by atoms with E-state index < -0.39 is 12.0 Å². The number of nitrogen functional groups attached to an aromatic ring is 1. The van der Waals surface area contributed by atoms with Gasteiger partial charge in [0.15, 0.2) is 0 Å². The van der Waals surface area contributed by atoms with Crippen molar-refractivity contribution in [3.05, 3.63) is 65.2 Å². The van der Waals surface area contributed by atoms with E-state index in [1.165, 1.54) is 6.92 Å². The van der Waals surface area contributed by atoms with E-state index in [1.807, 2.05) is 42.3 Å². The van der Waals surface area contributed by atoms with Gasteiger partial charge in [0.05, 0.1) is 5.69 Å². The molecule has 0 saturated carbocycles. The molecular formula is C22H23ClN4O3. The molecule has 0 aliphatic heterocycles. The van der Waals surface area contributed by atoms with E-state index >= 15 is 0 Å². The molecule has 0 bridgehead atoms. The van der Waals surface area contributed by atoms with Gasteiger partial charge in [0.25, 0.3) is 0 Å². The second kappa shape index (κ2) is 9.02. The van der Waals surface area contributed by atoms with Crippen molar-refractivity contribution in [2.24, 2.45) is 0 Å². The minimum absolute atomic E-state index is 0.0744. The van der Waals surface area contributed by atoms with Gasteiger partial charge in [-0.15, -0.1) is 0 Å². The summed E-state index contributed by atoms with van der Waals surface area (Å²) in [5.41, 5.74) is 9.47. The first kappa shape index (κ1) is 21.4. The molecule has 1 amide bonds. The fraction of sp³-hybridized carbons (Fsp3) is 0.182. The molecular weight excluding hydrogens is 404 g/mol. The third kappa shape index (κ3) is 4.82. The molecule has 2 aromatic carbocycles. The third-order valence-corrected chi connectivity index (χ3v) is 4.95. The number of aromatic hydroxyl groups is 1. The summed E-state index contributed by atoms with van der Waals surface area (Å²) in [5.74, 6) is -0.186. The van der Waals surface area contributed by atoms with Crippen LogP contribution in [0.5, 0.6) is 5.75 Å². The van der Waals surface area contributed by atoms with Gasteiger partial charge >= 0.3 is 0 Å². The first-order chi connectivity index (χ1) is 14.3. The number of amides is 1. The number of halogens is 1. The average molecular weight is 427 g/mol. The normalized spacial score (nSPS) is 11.7. The zero-order chi connectivity index (χ0) is 21.8. The molecule has 30 heavy (non-hydrogen) atoms. The highest BCUT2D eigenvalue weighted by Crippen LogP contribution is 2.34. The number of aliphatic hydroxyl groups excluding tert-OH is 1. The maximum absolute atomic E-state index is 11.5. The number of nitrogens with zero attached hydrogens (tertiary/aromatic N) is 2. The molecule has 3 rings (SSSR count). The maximum Gasteiger partial charge on any atom is 0.248 e. The maximum atomic E-state index is 11.5. The predicted molar refractivity (Wildman–Crippen MR) is 119 cm³/mol. The lowest BCUT2D eigenvalue weighted by molar-refractivity contribution is -0.128. The van der Waals surface area contributed by atoms with Crippen molar-refractivity contribution >= 4 is 34.7 Å². The topological polar surface area (TPSA) is 112 Å². The highest BCUT2D eigenvalue weighted by atomic mass is 35.5. The van der Waals surface area contributed by atoms with Crippen LogP contribution in [-0.4, -0.2) is 34.3 Å². The Morgan fingerprint density at radius 1 is 1.17 bits per heavy atom. The molecule has 1 aromatic heterocycles. The molecule has 5 N–H and O–H groups in total. The van der Waals surface area contributed by atoms with Crippen LogP contribution < -0.4 is 16.0 Å². The Labute approximate surface area is 179 Å². The minimum Gasteiger partial charge on any atom is -0.507 e. The van der Waals surface area contributed by atoms with Gasteiger partial charge in [0, 0.05) is 41.1 Å². The van der Waals surface area contributed by atoms with E-state index in [0.717, 1.165) is 11.4 Å². The molecule has 3 aromatic rings. The van der Waals surface area contributed by atoms with E-state index in [0.29, 0.717) is 21.8 Å². The van der Waals surface area contributed by atoms with Crippen molar-refractivity contribution in [1.29, 1.82) is 0 Å². The Hall–Kier alpha value is -3.29. The monoisotopic (exact) mass is 426 g/mol. The predicted octanol–water partition coefficient (Wildman–Crippen LogP) is 3.45. The largest absolute Gasteiger partial charge is 0.507 e. The Morgan fingerprint density at radius 3 is 2.47 bits per heavy atom. The fourth-order valence-electron chi connectivity index (χ4n) is 2.88. The van der Waals surface area contributed by atoms with Crippen LogP contribution in [-0.2, 0) is 11.3 Å². The number of nitrogens with two attached hydrogens (primary N) is 1. The Bertz CT molecular complexity index is 1050. The molecule has 0 aliphatic carbocycles. The van der Waals surface area contributed by atoms with Crippen molar-refractivity contribution in [3.8, 4) is 17.0 Å². The lowest BCUT2D eigenvalue weighted by Gasteiger charge is -2.21. The van der Waals surface area contributed by atoms with Gasteiger partial charge in [-0.3, -0.25) is 4.79 Å². The van der Waals surface area contributed by atoms with E-state index in [4.69, 9.17) is 17.3 Å². The molecule has 7 nitrogen and oxygen atoms in total. The van der Waals surface area contributed by atoms with E-state index in [-0.39, 0.29) is 18.1 Å². The number of rotatable bonds is 6. The molecule has 0 radical (unpaired) electrons. The Balaban J connectivity index is 1.86. The van der Waals surface area contributed by atoms with Gasteiger partial charge in [-0.05, 0) is 55.5 Å². The number of anilines is 3. The van der Waals surface area contributed by atoms with Crippen molar-refractivity contribution in [2.45, 2.75) is 19.6 Å². The number of carbonyl (C=O) groups is 1. The molecule has 156 valence electrons. The van der Waals surface area contributed by atoms with E-state index in [2.05, 4.69) is 10.3 Å². The number of nitrogens with one attached hydrogen (secondary N) is 1. The fourth-order valence-corrected chi connectivity index (χ4v) is 3.01. The zero-order valence-corrected chi connectivity index (χ0v) is 17.4. The molecule has 0 spiro atoms. The van der Waals surface area contributed by atoms with Crippen LogP contribution in [0.4, 0.5) is 17.2 Å². The molecule has 0 aliphatic rings. The van der Waals surface area contributed by atoms with Gasteiger partial charge in [0.2, 0.25) is 5.91 Å². The van der Waals surface area contributed by atoms with Gasteiger partial charge < -0.3 is 26.2 Å². The number of aromatic nitrogens is 1. The summed E-state index contributed by atoms with van der Waals surface area (Å²) < 4.78 is 0. The van der Waals surface area contributed by atoms with Crippen LogP contribution in [0.25, 0.3) is 11.3 Å². The average Bonchev–Trinajstić information content (AvgIpc) is 2.73. The quantitative estimate of drug-likeness (QED) is 0.480. The summed E-state index contributed by atoms with van der Waals surface area (Å²) in [6.07, 6.45) is -1.10. The highest BCUT2D eigenvalue weighted by Gasteiger charge is 2.14.